The summed E-state index contributed by atoms with van der Waals surface area (Å²) in [5.41, 5.74) is 2.12. The van der Waals surface area contributed by atoms with E-state index in [-0.39, 0.29) is 0 Å². The summed E-state index contributed by atoms with van der Waals surface area (Å²) >= 11 is 6.44. The Balaban J connectivity index is 1.92. The molecule has 1 aliphatic heterocycles. The molecule has 2 rings (SSSR count). The number of halogens is 1. The Hall–Kier alpha value is -0.620. The monoisotopic (exact) mass is 313 g/mol. The summed E-state index contributed by atoms with van der Waals surface area (Å²) in [4.78, 5) is 4.83. The van der Waals surface area contributed by atoms with Crippen molar-refractivity contribution in [3.63, 3.8) is 0 Å². The van der Waals surface area contributed by atoms with E-state index in [1.165, 1.54) is 0 Å². The van der Waals surface area contributed by atoms with Gasteiger partial charge in [-0.15, -0.1) is 0 Å². The maximum atomic E-state index is 6.44. The molecule has 0 amide bonds. The molecule has 2 heterocycles. The molecule has 1 aromatic heterocycles. The molecular weight excluding hydrogens is 286 g/mol. The Kier molecular flexibility index (Phi) is 6.05. The molecular formula is C15H28ClN5. The number of hydrogen-bond acceptors (Lipinski definition) is 4. The summed E-state index contributed by atoms with van der Waals surface area (Å²) < 4.78 is 2.02. The van der Waals surface area contributed by atoms with Gasteiger partial charge in [0.25, 0.3) is 0 Å². The minimum Gasteiger partial charge on any atom is -0.310 e. The van der Waals surface area contributed by atoms with Crippen LogP contribution in [0.15, 0.2) is 0 Å². The number of aryl methyl sites for hydroxylation is 2. The maximum Gasteiger partial charge on any atom is 0.0863 e. The molecule has 1 N–H and O–H groups in total. The second-order valence-corrected chi connectivity index (χ2v) is 6.28. The van der Waals surface area contributed by atoms with Crippen molar-refractivity contribution in [2.24, 2.45) is 0 Å². The Morgan fingerprint density at radius 2 is 2.05 bits per heavy atom. The molecule has 1 aromatic rings. The fraction of sp³-hybridized carbons (Fsp3) is 0.800. The van der Waals surface area contributed by atoms with Crippen molar-refractivity contribution in [1.82, 2.24) is 24.9 Å². The molecule has 0 aliphatic carbocycles. The number of hydrogen-bond donors (Lipinski definition) is 1. The Morgan fingerprint density at radius 3 is 2.71 bits per heavy atom. The molecule has 1 unspecified atom stereocenters. The van der Waals surface area contributed by atoms with Gasteiger partial charge >= 0.3 is 0 Å². The highest BCUT2D eigenvalue weighted by Crippen LogP contribution is 2.21. The lowest BCUT2D eigenvalue weighted by atomic mass is 10.2. The molecule has 0 spiro atoms. The molecule has 6 heteroatoms. The van der Waals surface area contributed by atoms with Gasteiger partial charge in [-0.05, 0) is 27.4 Å². The van der Waals surface area contributed by atoms with E-state index < -0.39 is 0 Å². The number of aromatic nitrogens is 2. The highest BCUT2D eigenvalue weighted by atomic mass is 35.5. The van der Waals surface area contributed by atoms with Gasteiger partial charge in [0.05, 0.1) is 16.4 Å². The smallest absolute Gasteiger partial charge is 0.0863 e. The van der Waals surface area contributed by atoms with E-state index in [0.29, 0.717) is 6.04 Å². The second-order valence-electron chi connectivity index (χ2n) is 5.90. The molecule has 21 heavy (non-hydrogen) atoms. The van der Waals surface area contributed by atoms with Crippen LogP contribution in [0.5, 0.6) is 0 Å². The van der Waals surface area contributed by atoms with Crippen LogP contribution in [-0.2, 0) is 19.5 Å². The average molecular weight is 314 g/mol. The summed E-state index contributed by atoms with van der Waals surface area (Å²) in [6.45, 7) is 10.2. The van der Waals surface area contributed by atoms with Gasteiger partial charge in [0, 0.05) is 45.3 Å². The van der Waals surface area contributed by atoms with Crippen molar-refractivity contribution < 1.29 is 0 Å². The fourth-order valence-electron chi connectivity index (χ4n) is 2.87. The number of likely N-dealkylation sites (N-methyl/N-ethyl adjacent to an activating group) is 2. The van der Waals surface area contributed by atoms with Crippen molar-refractivity contribution in [1.29, 1.82) is 0 Å². The molecule has 0 aromatic carbocycles. The van der Waals surface area contributed by atoms with Crippen LogP contribution >= 0.6 is 11.6 Å². The third-order valence-electron chi connectivity index (χ3n) is 4.35. The quantitative estimate of drug-likeness (QED) is 0.862. The number of piperazine rings is 1. The summed E-state index contributed by atoms with van der Waals surface area (Å²) in [6, 6.07) is 0.561. The van der Waals surface area contributed by atoms with Gasteiger partial charge < -0.3 is 10.2 Å². The first kappa shape index (κ1) is 16.7. The topological polar surface area (TPSA) is 36.3 Å². The van der Waals surface area contributed by atoms with E-state index in [0.717, 1.165) is 62.1 Å². The third kappa shape index (κ3) is 3.97. The van der Waals surface area contributed by atoms with Crippen molar-refractivity contribution in [2.75, 3.05) is 40.3 Å². The molecule has 0 bridgehead atoms. The first-order chi connectivity index (χ1) is 10.1. The lowest BCUT2D eigenvalue weighted by molar-refractivity contribution is 0.113. The summed E-state index contributed by atoms with van der Waals surface area (Å²) in [5.74, 6) is 0. The molecule has 0 radical (unpaired) electrons. The van der Waals surface area contributed by atoms with E-state index in [1.54, 1.807) is 0 Å². The molecule has 120 valence electrons. The van der Waals surface area contributed by atoms with Gasteiger partial charge in [-0.1, -0.05) is 18.5 Å². The predicted octanol–water partition coefficient (Wildman–Crippen LogP) is 1.45. The van der Waals surface area contributed by atoms with E-state index in [4.69, 9.17) is 11.6 Å². The first-order valence-corrected chi connectivity index (χ1v) is 8.28. The van der Waals surface area contributed by atoms with Crippen molar-refractivity contribution in [3.05, 3.63) is 16.4 Å². The summed E-state index contributed by atoms with van der Waals surface area (Å²) in [7, 11) is 4.40. The minimum absolute atomic E-state index is 0.561. The lowest BCUT2D eigenvalue weighted by Crippen LogP contribution is -2.53. The van der Waals surface area contributed by atoms with Gasteiger partial charge in [-0.25, -0.2) is 0 Å². The van der Waals surface area contributed by atoms with Gasteiger partial charge in [-0.3, -0.25) is 9.58 Å². The van der Waals surface area contributed by atoms with Crippen LogP contribution in [-0.4, -0.2) is 65.9 Å². The molecule has 5 nitrogen and oxygen atoms in total. The van der Waals surface area contributed by atoms with Crippen LogP contribution in [0.4, 0.5) is 0 Å². The first-order valence-electron chi connectivity index (χ1n) is 7.90. The number of rotatable bonds is 6. The van der Waals surface area contributed by atoms with Crippen LogP contribution < -0.4 is 5.32 Å². The molecule has 1 atom stereocenters. The van der Waals surface area contributed by atoms with Crippen molar-refractivity contribution in [2.45, 2.75) is 39.4 Å². The largest absolute Gasteiger partial charge is 0.310 e. The summed E-state index contributed by atoms with van der Waals surface area (Å²) in [6.07, 6.45) is 0.884. The van der Waals surface area contributed by atoms with Crippen LogP contribution in [0.1, 0.15) is 25.2 Å². The fourth-order valence-corrected chi connectivity index (χ4v) is 3.20. The van der Waals surface area contributed by atoms with E-state index in [1.807, 2.05) is 4.68 Å². The van der Waals surface area contributed by atoms with E-state index in [9.17, 15) is 0 Å². The zero-order valence-electron chi connectivity index (χ0n) is 13.7. The average Bonchev–Trinajstić information content (AvgIpc) is 2.79. The highest BCUT2D eigenvalue weighted by Gasteiger charge is 2.22. The highest BCUT2D eigenvalue weighted by molar-refractivity contribution is 6.31. The van der Waals surface area contributed by atoms with E-state index >= 15 is 0 Å². The van der Waals surface area contributed by atoms with Crippen molar-refractivity contribution in [3.8, 4) is 0 Å². The van der Waals surface area contributed by atoms with Crippen LogP contribution in [0, 0.1) is 0 Å². The molecule has 1 aliphatic rings. The molecule has 1 saturated heterocycles. The van der Waals surface area contributed by atoms with Crippen LogP contribution in [0.2, 0.25) is 5.02 Å². The van der Waals surface area contributed by atoms with Crippen molar-refractivity contribution >= 4 is 11.6 Å². The standard InChI is InChI=1S/C15H28ClN5/c1-5-13-15(16)14(21(6-2)18-13)10-17-9-12-11-19(3)7-8-20(12)4/h12,17H,5-11H2,1-4H3. The van der Waals surface area contributed by atoms with Crippen LogP contribution in [0.25, 0.3) is 0 Å². The number of nitrogens with one attached hydrogen (secondary N) is 1. The zero-order valence-corrected chi connectivity index (χ0v) is 14.4. The van der Waals surface area contributed by atoms with E-state index in [2.05, 4.69) is 48.2 Å². The Labute approximate surface area is 133 Å². The Bertz CT molecular complexity index is 459. The van der Waals surface area contributed by atoms with Gasteiger partial charge in [0.2, 0.25) is 0 Å². The SMILES string of the molecule is CCc1nn(CC)c(CNCC2CN(C)CCN2C)c1Cl. The third-order valence-corrected chi connectivity index (χ3v) is 4.78. The Morgan fingerprint density at radius 1 is 1.29 bits per heavy atom. The maximum absolute atomic E-state index is 6.44. The lowest BCUT2D eigenvalue weighted by Gasteiger charge is -2.37. The molecule has 0 saturated carbocycles. The number of nitrogens with zero attached hydrogens (tertiary/aromatic N) is 4. The van der Waals surface area contributed by atoms with Gasteiger partial charge in [0.15, 0.2) is 0 Å². The zero-order chi connectivity index (χ0) is 15.4. The van der Waals surface area contributed by atoms with Crippen LogP contribution in [0.3, 0.4) is 0 Å². The van der Waals surface area contributed by atoms with Gasteiger partial charge in [0.1, 0.15) is 0 Å². The normalized spacial score (nSPS) is 21.1. The molecule has 1 fully saturated rings. The predicted molar refractivity (Wildman–Crippen MR) is 87.9 cm³/mol. The second kappa shape index (κ2) is 7.58. The van der Waals surface area contributed by atoms with Gasteiger partial charge in [-0.2, -0.15) is 5.10 Å². The summed E-state index contributed by atoms with van der Waals surface area (Å²) in [5, 5.41) is 8.96. The minimum atomic E-state index is 0.561.